The molecule has 3 N–H and O–H groups in total. The van der Waals surface area contributed by atoms with E-state index in [9.17, 15) is 4.79 Å². The van der Waals surface area contributed by atoms with Gasteiger partial charge in [0.25, 0.3) is 0 Å². The Hall–Kier alpha value is -1.82. The molecule has 0 aliphatic heterocycles. The van der Waals surface area contributed by atoms with E-state index in [2.05, 4.69) is 4.98 Å². The minimum absolute atomic E-state index is 0.0532. The van der Waals surface area contributed by atoms with Crippen LogP contribution >= 0.6 is 0 Å². The third-order valence-electron chi connectivity index (χ3n) is 1.90. The number of ether oxygens (including phenoxy) is 1. The van der Waals surface area contributed by atoms with E-state index in [-0.39, 0.29) is 17.1 Å². The maximum Gasteiger partial charge on any atom is 0.337 e. The summed E-state index contributed by atoms with van der Waals surface area (Å²) in [6.07, 6.45) is 1.23. The molecule has 0 bridgehead atoms. The van der Waals surface area contributed by atoms with E-state index in [1.165, 1.54) is 12.3 Å². The van der Waals surface area contributed by atoms with Crippen molar-refractivity contribution < 1.29 is 14.6 Å². The standard InChI is InChI=1S/C10H15N3O3/c1-13(2)3-4-16-9-8(11)5-7(6-12-9)10(14)15/h5-6H,3-4,11H2,1-2H3,(H,14,15). The number of anilines is 1. The first-order chi connectivity index (χ1) is 7.50. The van der Waals surface area contributed by atoms with E-state index in [1.54, 1.807) is 0 Å². The predicted octanol–water partition coefficient (Wildman–Crippen LogP) is 0.302. The van der Waals surface area contributed by atoms with Crippen LogP contribution in [0.25, 0.3) is 0 Å². The number of likely N-dealkylation sites (N-methyl/N-ethyl adjacent to an activating group) is 1. The van der Waals surface area contributed by atoms with Gasteiger partial charge in [0.1, 0.15) is 6.61 Å². The highest BCUT2D eigenvalue weighted by Crippen LogP contribution is 2.18. The monoisotopic (exact) mass is 225 g/mol. The molecule has 16 heavy (non-hydrogen) atoms. The van der Waals surface area contributed by atoms with Crippen LogP contribution in [0.15, 0.2) is 12.3 Å². The largest absolute Gasteiger partial charge is 0.478 e. The molecule has 0 aromatic carbocycles. The minimum atomic E-state index is -1.06. The smallest absolute Gasteiger partial charge is 0.337 e. The van der Waals surface area contributed by atoms with Gasteiger partial charge in [0.05, 0.1) is 11.3 Å². The predicted molar refractivity (Wildman–Crippen MR) is 59.7 cm³/mol. The second-order valence-corrected chi connectivity index (χ2v) is 3.58. The zero-order valence-corrected chi connectivity index (χ0v) is 9.30. The lowest BCUT2D eigenvalue weighted by molar-refractivity contribution is 0.0696. The van der Waals surface area contributed by atoms with Gasteiger partial charge in [-0.3, -0.25) is 0 Å². The van der Waals surface area contributed by atoms with Gasteiger partial charge in [-0.15, -0.1) is 0 Å². The van der Waals surface area contributed by atoms with Crippen molar-refractivity contribution in [2.24, 2.45) is 0 Å². The number of carboxylic acid groups (broad SMARTS) is 1. The molecular formula is C10H15N3O3. The number of aromatic nitrogens is 1. The molecular weight excluding hydrogens is 210 g/mol. The summed E-state index contributed by atoms with van der Waals surface area (Å²) in [5.74, 6) is -0.786. The summed E-state index contributed by atoms with van der Waals surface area (Å²) in [5.41, 5.74) is 5.90. The first-order valence-electron chi connectivity index (χ1n) is 4.77. The molecule has 0 aliphatic rings. The second kappa shape index (κ2) is 5.32. The fraction of sp³-hybridized carbons (Fsp3) is 0.400. The molecule has 1 aromatic rings. The van der Waals surface area contributed by atoms with Crippen molar-refractivity contribution in [2.75, 3.05) is 33.0 Å². The highest BCUT2D eigenvalue weighted by Gasteiger charge is 2.08. The first-order valence-corrected chi connectivity index (χ1v) is 4.77. The topological polar surface area (TPSA) is 88.7 Å². The Balaban J connectivity index is 2.64. The number of carbonyl (C=O) groups is 1. The number of pyridine rings is 1. The quantitative estimate of drug-likeness (QED) is 0.749. The summed E-state index contributed by atoms with van der Waals surface area (Å²) >= 11 is 0. The van der Waals surface area contributed by atoms with Crippen LogP contribution in [0, 0.1) is 0 Å². The molecule has 0 atom stereocenters. The van der Waals surface area contributed by atoms with Crippen LogP contribution in [-0.2, 0) is 0 Å². The van der Waals surface area contributed by atoms with Crippen molar-refractivity contribution in [3.8, 4) is 5.88 Å². The lowest BCUT2D eigenvalue weighted by Gasteiger charge is -2.11. The summed E-state index contributed by atoms with van der Waals surface area (Å²) in [5, 5.41) is 8.71. The van der Waals surface area contributed by atoms with Gasteiger partial charge in [-0.1, -0.05) is 0 Å². The number of aromatic carboxylic acids is 1. The molecule has 0 saturated carbocycles. The molecule has 0 amide bonds. The molecule has 0 fully saturated rings. The van der Waals surface area contributed by atoms with E-state index in [1.807, 2.05) is 19.0 Å². The molecule has 0 aliphatic carbocycles. The van der Waals surface area contributed by atoms with Gasteiger partial charge in [0, 0.05) is 12.7 Å². The molecule has 1 heterocycles. The number of carboxylic acids is 1. The van der Waals surface area contributed by atoms with Crippen molar-refractivity contribution in [2.45, 2.75) is 0 Å². The van der Waals surface area contributed by atoms with Gasteiger partial charge in [0.15, 0.2) is 0 Å². The number of nitrogen functional groups attached to an aromatic ring is 1. The highest BCUT2D eigenvalue weighted by molar-refractivity contribution is 5.88. The SMILES string of the molecule is CN(C)CCOc1ncc(C(=O)O)cc1N. The average molecular weight is 225 g/mol. The summed E-state index contributed by atoms with van der Waals surface area (Å²) in [4.78, 5) is 16.4. The van der Waals surface area contributed by atoms with Crippen molar-refractivity contribution in [3.63, 3.8) is 0 Å². The number of hydrogen-bond acceptors (Lipinski definition) is 5. The van der Waals surface area contributed by atoms with E-state index in [4.69, 9.17) is 15.6 Å². The Morgan fingerprint density at radius 1 is 1.62 bits per heavy atom. The Bertz CT molecular complexity index is 380. The molecule has 88 valence electrons. The third-order valence-corrected chi connectivity index (χ3v) is 1.90. The highest BCUT2D eigenvalue weighted by atomic mass is 16.5. The number of rotatable bonds is 5. The van der Waals surface area contributed by atoms with Gasteiger partial charge in [0.2, 0.25) is 5.88 Å². The van der Waals surface area contributed by atoms with Crippen molar-refractivity contribution >= 4 is 11.7 Å². The van der Waals surface area contributed by atoms with Crippen LogP contribution < -0.4 is 10.5 Å². The zero-order valence-electron chi connectivity index (χ0n) is 9.30. The van der Waals surface area contributed by atoms with Crippen LogP contribution in [-0.4, -0.2) is 48.2 Å². The summed E-state index contributed by atoms with van der Waals surface area (Å²) in [6, 6.07) is 1.33. The summed E-state index contributed by atoms with van der Waals surface area (Å²) < 4.78 is 5.31. The first kappa shape index (κ1) is 12.3. The second-order valence-electron chi connectivity index (χ2n) is 3.58. The molecule has 1 aromatic heterocycles. The van der Waals surface area contributed by atoms with Gasteiger partial charge < -0.3 is 20.5 Å². The van der Waals surface area contributed by atoms with Gasteiger partial charge in [-0.2, -0.15) is 0 Å². The Morgan fingerprint density at radius 2 is 2.31 bits per heavy atom. The van der Waals surface area contributed by atoms with Crippen LogP contribution in [0.2, 0.25) is 0 Å². The molecule has 6 nitrogen and oxygen atoms in total. The Labute approximate surface area is 93.6 Å². The Kier molecular flexibility index (Phi) is 4.07. The molecule has 1 rings (SSSR count). The summed E-state index contributed by atoms with van der Waals surface area (Å²) in [6.45, 7) is 1.19. The zero-order chi connectivity index (χ0) is 12.1. The average Bonchev–Trinajstić information content (AvgIpc) is 2.19. The van der Waals surface area contributed by atoms with Crippen LogP contribution in [0.1, 0.15) is 10.4 Å². The van der Waals surface area contributed by atoms with Crippen LogP contribution in [0.3, 0.4) is 0 Å². The maximum absolute atomic E-state index is 10.6. The van der Waals surface area contributed by atoms with Crippen molar-refractivity contribution in [1.29, 1.82) is 0 Å². The third kappa shape index (κ3) is 3.39. The van der Waals surface area contributed by atoms with Gasteiger partial charge >= 0.3 is 5.97 Å². The van der Waals surface area contributed by atoms with Crippen molar-refractivity contribution in [3.05, 3.63) is 17.8 Å². The van der Waals surface area contributed by atoms with Gasteiger partial charge in [-0.05, 0) is 20.2 Å². The molecule has 0 radical (unpaired) electrons. The normalized spacial score (nSPS) is 10.4. The fourth-order valence-electron chi connectivity index (χ4n) is 1.03. The molecule has 0 unspecified atom stereocenters. The number of hydrogen-bond donors (Lipinski definition) is 2. The van der Waals surface area contributed by atoms with E-state index < -0.39 is 5.97 Å². The number of nitrogens with zero attached hydrogens (tertiary/aromatic N) is 2. The van der Waals surface area contributed by atoms with Crippen molar-refractivity contribution in [1.82, 2.24) is 9.88 Å². The summed E-state index contributed by atoms with van der Waals surface area (Å²) in [7, 11) is 3.85. The van der Waals surface area contributed by atoms with Crippen LogP contribution in [0.5, 0.6) is 5.88 Å². The fourth-order valence-corrected chi connectivity index (χ4v) is 1.03. The van der Waals surface area contributed by atoms with E-state index >= 15 is 0 Å². The number of nitrogens with two attached hydrogens (primary N) is 1. The lowest BCUT2D eigenvalue weighted by Crippen LogP contribution is -2.20. The molecule has 6 heteroatoms. The van der Waals surface area contributed by atoms with Gasteiger partial charge in [-0.25, -0.2) is 9.78 Å². The van der Waals surface area contributed by atoms with E-state index in [0.29, 0.717) is 6.61 Å². The molecule has 0 saturated heterocycles. The Morgan fingerprint density at radius 3 is 2.81 bits per heavy atom. The minimum Gasteiger partial charge on any atom is -0.478 e. The van der Waals surface area contributed by atoms with Crippen LogP contribution in [0.4, 0.5) is 5.69 Å². The lowest BCUT2D eigenvalue weighted by atomic mass is 10.2. The van der Waals surface area contributed by atoms with E-state index in [0.717, 1.165) is 6.54 Å². The molecule has 0 spiro atoms. The maximum atomic E-state index is 10.6.